The third-order valence-electron chi connectivity index (χ3n) is 9.61. The smallest absolute Gasteiger partial charge is 0.416 e. The van der Waals surface area contributed by atoms with Crippen molar-refractivity contribution in [3.63, 3.8) is 0 Å². The van der Waals surface area contributed by atoms with Gasteiger partial charge in [0.15, 0.2) is 6.10 Å². The number of aliphatic hydroxyl groups excluding tert-OH is 1. The van der Waals surface area contributed by atoms with Crippen LogP contribution in [0.15, 0.2) is 91.0 Å². The van der Waals surface area contributed by atoms with Gasteiger partial charge in [0.25, 0.3) is 5.91 Å². The van der Waals surface area contributed by atoms with Gasteiger partial charge in [0.05, 0.1) is 24.7 Å². The number of fused-ring (bicyclic) bond motifs is 3. The number of rotatable bonds is 9. The average molecular weight is 686 g/mol. The van der Waals surface area contributed by atoms with E-state index in [2.05, 4.69) is 22.8 Å². The number of hydrogen-bond donors (Lipinski definition) is 4. The van der Waals surface area contributed by atoms with Crippen molar-refractivity contribution in [1.29, 1.82) is 0 Å². The normalized spacial score (nSPS) is 16.4. The van der Waals surface area contributed by atoms with Gasteiger partial charge in [-0.15, -0.1) is 0 Å². The van der Waals surface area contributed by atoms with Crippen LogP contribution in [-0.4, -0.2) is 40.8 Å². The van der Waals surface area contributed by atoms with Gasteiger partial charge in [0.2, 0.25) is 0 Å². The maximum absolute atomic E-state index is 14.2. The summed E-state index contributed by atoms with van der Waals surface area (Å²) in [7, 11) is 0. The first-order valence-corrected chi connectivity index (χ1v) is 16.7. The largest absolute Gasteiger partial charge is 0.479 e. The molecule has 50 heavy (non-hydrogen) atoms. The topological polar surface area (TPSA) is 119 Å². The second-order valence-electron chi connectivity index (χ2n) is 12.9. The Labute approximate surface area is 287 Å². The minimum atomic E-state index is -4.48. The van der Waals surface area contributed by atoms with E-state index < -0.39 is 48.3 Å². The van der Waals surface area contributed by atoms with Crippen LogP contribution >= 0.6 is 0 Å². The van der Waals surface area contributed by atoms with E-state index in [1.165, 1.54) is 37.0 Å². The van der Waals surface area contributed by atoms with Gasteiger partial charge in [0.1, 0.15) is 0 Å². The highest BCUT2D eigenvalue weighted by atomic mass is 19.4. The predicted octanol–water partition coefficient (Wildman–Crippen LogP) is 7.61. The third kappa shape index (κ3) is 7.83. The van der Waals surface area contributed by atoms with Crippen molar-refractivity contribution < 1.29 is 37.8 Å². The number of anilines is 1. The first kappa shape index (κ1) is 34.7. The molecular weight excluding hydrogens is 647 g/mol. The minimum Gasteiger partial charge on any atom is -0.479 e. The van der Waals surface area contributed by atoms with Crippen LogP contribution in [0, 0.1) is 0 Å². The lowest BCUT2D eigenvalue weighted by atomic mass is 9.82. The molecule has 3 amide bonds. The van der Waals surface area contributed by atoms with E-state index in [9.17, 15) is 32.7 Å². The molecule has 0 spiro atoms. The summed E-state index contributed by atoms with van der Waals surface area (Å²) in [6, 6.07) is 24.5. The number of carboxylic acids is 1. The molecule has 0 heterocycles. The molecule has 4 aromatic carbocycles. The van der Waals surface area contributed by atoms with Crippen molar-refractivity contribution in [2.45, 2.75) is 69.3 Å². The van der Waals surface area contributed by atoms with Crippen molar-refractivity contribution in [1.82, 2.24) is 10.6 Å². The molecule has 2 aliphatic carbocycles. The Morgan fingerprint density at radius 2 is 1.56 bits per heavy atom. The number of hydrogen-bond acceptors (Lipinski definition) is 4. The molecule has 1 fully saturated rings. The number of carboxylic acid groups (broad SMARTS) is 1. The van der Waals surface area contributed by atoms with Crippen LogP contribution in [0.4, 0.5) is 23.7 Å². The number of nitrogens with one attached hydrogen (secondary N) is 2. The van der Waals surface area contributed by atoms with Crippen LogP contribution < -0.4 is 15.5 Å². The van der Waals surface area contributed by atoms with Gasteiger partial charge in [-0.25, -0.2) is 9.59 Å². The standard InChI is InChI=1S/C39H38F3N3O5/c40-39(41,42)29-17-14-28-20-34(32-9-5-4-8-31(32)33(28)21-29)44-38(50)45(30-18-15-26(16-19-30)25-6-2-1-3-7-25)23-24-10-12-27(13-11-24)36(47)43-22-35(46)37(48)49/h4-5,8-19,21,25,34-35,46H,1-3,6-7,20,22-23H2,(H,43,47)(H,44,50)(H,48,49)/t34?,35-/m1/s1. The summed E-state index contributed by atoms with van der Waals surface area (Å²) in [5.74, 6) is -1.52. The number of aliphatic hydroxyl groups is 1. The monoisotopic (exact) mass is 685 g/mol. The van der Waals surface area contributed by atoms with Crippen molar-refractivity contribution in [3.05, 3.63) is 124 Å². The summed E-state index contributed by atoms with van der Waals surface area (Å²) in [6.07, 6.45) is -0.00470. The fraction of sp³-hybridized carbons (Fsp3) is 0.308. The van der Waals surface area contributed by atoms with Gasteiger partial charge in [-0.1, -0.05) is 73.9 Å². The molecule has 4 N–H and O–H groups in total. The van der Waals surface area contributed by atoms with Gasteiger partial charge in [0, 0.05) is 11.3 Å². The lowest BCUT2D eigenvalue weighted by Crippen LogP contribution is -2.42. The highest BCUT2D eigenvalue weighted by Crippen LogP contribution is 2.42. The number of nitrogens with zero attached hydrogens (tertiary/aromatic N) is 1. The molecule has 0 radical (unpaired) electrons. The number of amides is 3. The zero-order chi connectivity index (χ0) is 35.4. The van der Waals surface area contributed by atoms with Crippen LogP contribution in [0.5, 0.6) is 0 Å². The van der Waals surface area contributed by atoms with Crippen molar-refractivity contribution >= 4 is 23.6 Å². The molecule has 8 nitrogen and oxygen atoms in total. The average Bonchev–Trinajstić information content (AvgIpc) is 3.12. The van der Waals surface area contributed by atoms with Crippen LogP contribution in [0.2, 0.25) is 0 Å². The Balaban J connectivity index is 1.25. The summed E-state index contributed by atoms with van der Waals surface area (Å²) in [4.78, 5) is 39.2. The molecule has 11 heteroatoms. The van der Waals surface area contributed by atoms with Crippen LogP contribution in [0.1, 0.15) is 82.2 Å². The van der Waals surface area contributed by atoms with Gasteiger partial charge < -0.3 is 20.8 Å². The van der Waals surface area contributed by atoms with Crippen LogP contribution in [0.3, 0.4) is 0 Å². The van der Waals surface area contributed by atoms with Gasteiger partial charge in [-0.2, -0.15) is 13.2 Å². The fourth-order valence-corrected chi connectivity index (χ4v) is 6.88. The molecule has 6 rings (SSSR count). The first-order chi connectivity index (χ1) is 24.0. The molecule has 2 aliphatic rings. The fourth-order valence-electron chi connectivity index (χ4n) is 6.88. The summed E-state index contributed by atoms with van der Waals surface area (Å²) in [5.41, 5.74) is 4.70. The molecule has 4 aromatic rings. The highest BCUT2D eigenvalue weighted by Gasteiger charge is 2.34. The number of carbonyl (C=O) groups is 3. The lowest BCUT2D eigenvalue weighted by Gasteiger charge is -2.32. The molecule has 0 aromatic heterocycles. The summed E-state index contributed by atoms with van der Waals surface area (Å²) in [5, 5.41) is 23.9. The lowest BCUT2D eigenvalue weighted by molar-refractivity contribution is -0.146. The number of benzene rings is 4. The van der Waals surface area contributed by atoms with Gasteiger partial charge in [-0.05, 0) is 95.0 Å². The second kappa shape index (κ2) is 14.8. The van der Waals surface area contributed by atoms with E-state index >= 15 is 0 Å². The highest BCUT2D eigenvalue weighted by molar-refractivity contribution is 5.95. The SMILES string of the molecule is O=C(NC[C@@H](O)C(=O)O)c1ccc(CN(C(=O)NC2Cc3ccc(C(F)(F)F)cc3-c3ccccc32)c2ccc(C3CCCCC3)cc2)cc1. The minimum absolute atomic E-state index is 0.147. The second-order valence-corrected chi connectivity index (χ2v) is 12.9. The van der Waals surface area contributed by atoms with Crippen molar-refractivity contribution in [2.75, 3.05) is 11.4 Å². The predicted molar refractivity (Wildman–Crippen MR) is 183 cm³/mol. The number of urea groups is 1. The van der Waals surface area contributed by atoms with Gasteiger partial charge >= 0.3 is 18.2 Å². The maximum Gasteiger partial charge on any atom is 0.416 e. The zero-order valence-electron chi connectivity index (χ0n) is 27.2. The first-order valence-electron chi connectivity index (χ1n) is 16.7. The molecule has 2 atom stereocenters. The number of alkyl halides is 3. The Hall–Kier alpha value is -5.16. The van der Waals surface area contributed by atoms with E-state index in [1.807, 2.05) is 18.2 Å². The van der Waals surface area contributed by atoms with Crippen molar-refractivity contribution in [3.8, 4) is 11.1 Å². The van der Waals surface area contributed by atoms with Crippen LogP contribution in [0.25, 0.3) is 11.1 Å². The van der Waals surface area contributed by atoms with E-state index in [0.29, 0.717) is 40.3 Å². The molecule has 1 saturated carbocycles. The molecule has 0 saturated heterocycles. The Bertz CT molecular complexity index is 1850. The third-order valence-corrected chi connectivity index (χ3v) is 9.61. The zero-order valence-corrected chi connectivity index (χ0v) is 27.2. The maximum atomic E-state index is 14.2. The number of halogens is 3. The molecule has 0 aliphatic heterocycles. The van der Waals surface area contributed by atoms with E-state index in [0.717, 1.165) is 24.5 Å². The quantitative estimate of drug-likeness (QED) is 0.145. The molecule has 260 valence electrons. The number of carbonyl (C=O) groups excluding carboxylic acids is 2. The number of aliphatic carboxylic acids is 1. The molecular formula is C39H38F3N3O5. The summed E-state index contributed by atoms with van der Waals surface area (Å²) in [6.45, 7) is -0.298. The Morgan fingerprint density at radius 1 is 0.860 bits per heavy atom. The molecule has 0 bridgehead atoms. The van der Waals surface area contributed by atoms with Crippen LogP contribution in [-0.2, 0) is 23.9 Å². The Kier molecular flexibility index (Phi) is 10.2. The van der Waals surface area contributed by atoms with E-state index in [1.54, 1.807) is 47.4 Å². The summed E-state index contributed by atoms with van der Waals surface area (Å²) < 4.78 is 40.7. The van der Waals surface area contributed by atoms with E-state index in [-0.39, 0.29) is 12.1 Å². The van der Waals surface area contributed by atoms with Gasteiger partial charge in [-0.3, -0.25) is 9.69 Å². The van der Waals surface area contributed by atoms with E-state index in [4.69, 9.17) is 5.11 Å². The molecule has 1 unspecified atom stereocenters. The summed E-state index contributed by atoms with van der Waals surface area (Å²) >= 11 is 0. The Morgan fingerprint density at radius 3 is 2.24 bits per heavy atom. The van der Waals surface area contributed by atoms with Crippen molar-refractivity contribution in [2.24, 2.45) is 0 Å².